The molecular formula is C110H74N6OS. The van der Waals surface area contributed by atoms with Gasteiger partial charge in [-0.25, -0.2) is 29.9 Å². The van der Waals surface area contributed by atoms with Crippen molar-refractivity contribution in [1.29, 1.82) is 0 Å². The molecule has 4 heterocycles. The molecule has 0 aliphatic heterocycles. The van der Waals surface area contributed by atoms with Gasteiger partial charge in [0, 0.05) is 75.2 Å². The van der Waals surface area contributed by atoms with Crippen molar-refractivity contribution in [2.24, 2.45) is 0 Å². The number of hydrogen-bond acceptors (Lipinski definition) is 8. The largest absolute Gasteiger partial charge is 0.455 e. The van der Waals surface area contributed by atoms with Crippen molar-refractivity contribution < 1.29 is 4.42 Å². The Morgan fingerprint density at radius 1 is 0.195 bits per heavy atom. The van der Waals surface area contributed by atoms with Crippen LogP contribution in [-0.2, 0) is 21.7 Å². The van der Waals surface area contributed by atoms with Gasteiger partial charge in [-0.2, -0.15) is 0 Å². The molecule has 4 aromatic heterocycles. The molecule has 20 aromatic rings. The van der Waals surface area contributed by atoms with Crippen LogP contribution in [0.5, 0.6) is 0 Å². The summed E-state index contributed by atoms with van der Waals surface area (Å²) in [7, 11) is 0. The summed E-state index contributed by atoms with van der Waals surface area (Å²) < 4.78 is 9.82. The smallest absolute Gasteiger partial charge is 0.167 e. The average Bonchev–Trinajstić information content (AvgIpc) is 1.44. The van der Waals surface area contributed by atoms with E-state index >= 15 is 0 Å². The summed E-state index contributed by atoms with van der Waals surface area (Å²) in [6.07, 6.45) is 0. The minimum atomic E-state index is -0.506. The van der Waals surface area contributed by atoms with Crippen LogP contribution in [0.3, 0.4) is 0 Å². The summed E-state index contributed by atoms with van der Waals surface area (Å²) in [4.78, 5) is 31.0. The van der Waals surface area contributed by atoms with Crippen molar-refractivity contribution in [2.75, 3.05) is 0 Å². The first-order chi connectivity index (χ1) is 58.0. The number of aromatic nitrogens is 6. The maximum Gasteiger partial charge on any atom is 0.167 e. The fourth-order valence-corrected chi connectivity index (χ4v) is 21.9. The summed E-state index contributed by atoms with van der Waals surface area (Å²) in [5.41, 5.74) is 31.5. The molecule has 2 spiro atoms. The molecule has 0 radical (unpaired) electrons. The van der Waals surface area contributed by atoms with Crippen molar-refractivity contribution in [1.82, 2.24) is 29.9 Å². The van der Waals surface area contributed by atoms with Gasteiger partial charge in [-0.05, 0) is 118 Å². The van der Waals surface area contributed by atoms with E-state index in [1.54, 1.807) is 0 Å². The molecule has 118 heavy (non-hydrogen) atoms. The first-order valence-electron chi connectivity index (χ1n) is 40.6. The standard InChI is InChI=1S/C55H37N3O.C55H37N3S/c2*1-54(2)45-26-13-14-27-46(45)55(43-24-11-9-20-38(43)39-21-10-12-25-44(39)55)47-33-32-41-40-22-15-23-42(49(40)59-50(41)48(47)54)53-57-51(36-18-7-4-8-19-36)56-52(58-53)37-30-28-35(29-31-37)34-16-5-3-6-17-34/h2*3-33H,1-2H3. The molecule has 4 aliphatic carbocycles. The Kier molecular flexibility index (Phi) is 15.6. The molecule has 0 unspecified atom stereocenters. The minimum Gasteiger partial charge on any atom is -0.455 e. The van der Waals surface area contributed by atoms with Gasteiger partial charge < -0.3 is 4.42 Å². The molecular weight excluding hydrogens is 1450 g/mol. The molecule has 0 saturated heterocycles. The summed E-state index contributed by atoms with van der Waals surface area (Å²) in [6.45, 7) is 9.54. The Balaban J connectivity index is 0.000000138. The van der Waals surface area contributed by atoms with Crippen molar-refractivity contribution in [2.45, 2.75) is 49.4 Å². The zero-order chi connectivity index (χ0) is 78.6. The number of hydrogen-bond donors (Lipinski definition) is 0. The molecule has 8 heteroatoms. The Labute approximate surface area is 688 Å². The monoisotopic (exact) mass is 1530 g/mol. The van der Waals surface area contributed by atoms with E-state index in [4.69, 9.17) is 34.3 Å². The number of benzene rings is 16. The maximum absolute atomic E-state index is 7.32. The number of para-hydroxylation sites is 1. The van der Waals surface area contributed by atoms with Gasteiger partial charge in [-0.15, -0.1) is 11.3 Å². The van der Waals surface area contributed by atoms with E-state index in [0.29, 0.717) is 34.9 Å². The molecule has 7 nitrogen and oxygen atoms in total. The SMILES string of the molecule is CC1(C)c2ccccc2C2(c3ccccc3-c3ccccc32)c2ccc3c(oc4c(-c5nc(-c6ccccc6)nc(-c6ccc(-c7ccccc7)cc6)n5)cccc43)c21.CC1(C)c2ccccc2C2(c3ccccc3-c3ccccc32)c2ccc3c(sc4c(-c5nc(-c6ccccc6)nc(-c6ccc(-c7ccccc7)cc6)n5)cccc43)c21. The van der Waals surface area contributed by atoms with Crippen molar-refractivity contribution in [3.8, 4) is 113 Å². The number of fused-ring (bicyclic) bond motifs is 26. The van der Waals surface area contributed by atoms with E-state index in [2.05, 4.69) is 343 Å². The van der Waals surface area contributed by atoms with E-state index in [1.165, 1.54) is 115 Å². The van der Waals surface area contributed by atoms with Crippen LogP contribution in [0.15, 0.2) is 381 Å². The Bertz CT molecular complexity index is 6940. The minimum absolute atomic E-state index is 0.267. The van der Waals surface area contributed by atoms with Crippen LogP contribution in [-0.4, -0.2) is 29.9 Å². The second-order valence-electron chi connectivity index (χ2n) is 32.6. The molecule has 0 atom stereocenters. The normalized spacial score (nSPS) is 14.2. The predicted molar refractivity (Wildman–Crippen MR) is 482 cm³/mol. The van der Waals surface area contributed by atoms with E-state index in [0.717, 1.165) is 72.0 Å². The number of rotatable bonds is 8. The highest BCUT2D eigenvalue weighted by atomic mass is 32.1. The molecule has 556 valence electrons. The fraction of sp³-hybridized carbons (Fsp3) is 0.0727. The maximum atomic E-state index is 7.32. The van der Waals surface area contributed by atoms with Crippen molar-refractivity contribution >= 4 is 53.4 Å². The van der Waals surface area contributed by atoms with Crippen LogP contribution >= 0.6 is 11.3 Å². The highest BCUT2D eigenvalue weighted by molar-refractivity contribution is 7.26. The van der Waals surface area contributed by atoms with Crippen molar-refractivity contribution in [3.63, 3.8) is 0 Å². The zero-order valence-electron chi connectivity index (χ0n) is 65.3. The Morgan fingerprint density at radius 3 is 0.924 bits per heavy atom. The fourth-order valence-electron chi connectivity index (χ4n) is 20.4. The van der Waals surface area contributed by atoms with Gasteiger partial charge in [-0.1, -0.05) is 392 Å². The van der Waals surface area contributed by atoms with Crippen LogP contribution in [0.25, 0.3) is 155 Å². The average molecular weight is 1530 g/mol. The van der Waals surface area contributed by atoms with E-state index < -0.39 is 10.8 Å². The van der Waals surface area contributed by atoms with Gasteiger partial charge in [0.05, 0.1) is 16.4 Å². The second kappa shape index (κ2) is 26.6. The van der Waals surface area contributed by atoms with Crippen molar-refractivity contribution in [3.05, 3.63) is 443 Å². The summed E-state index contributed by atoms with van der Waals surface area (Å²) in [6, 6.07) is 135. The molecule has 0 saturated carbocycles. The van der Waals surface area contributed by atoms with Crippen LogP contribution in [0, 0.1) is 0 Å². The molecule has 24 rings (SSSR count). The van der Waals surface area contributed by atoms with Crippen LogP contribution in [0.4, 0.5) is 0 Å². The molecule has 16 aromatic carbocycles. The summed E-state index contributed by atoms with van der Waals surface area (Å²) in [5.74, 6) is 3.78. The Hall–Kier alpha value is -14.4. The van der Waals surface area contributed by atoms with Gasteiger partial charge >= 0.3 is 0 Å². The molecule has 0 fully saturated rings. The first kappa shape index (κ1) is 69.1. The van der Waals surface area contributed by atoms with Crippen LogP contribution < -0.4 is 0 Å². The summed E-state index contributed by atoms with van der Waals surface area (Å²) in [5, 5.41) is 4.60. The zero-order valence-corrected chi connectivity index (χ0v) is 66.1. The number of nitrogens with zero attached hydrogens (tertiary/aromatic N) is 6. The van der Waals surface area contributed by atoms with Gasteiger partial charge in [0.15, 0.2) is 34.9 Å². The molecule has 4 aliphatic rings. The van der Waals surface area contributed by atoms with E-state index in [9.17, 15) is 0 Å². The van der Waals surface area contributed by atoms with E-state index in [-0.39, 0.29) is 10.8 Å². The molecule has 0 bridgehead atoms. The summed E-state index contributed by atoms with van der Waals surface area (Å²) >= 11 is 1.88. The Morgan fingerprint density at radius 2 is 0.483 bits per heavy atom. The lowest BCUT2D eigenvalue weighted by Crippen LogP contribution is -2.40. The highest BCUT2D eigenvalue weighted by Crippen LogP contribution is 2.66. The first-order valence-corrected chi connectivity index (χ1v) is 41.4. The quantitative estimate of drug-likeness (QED) is 0.150. The highest BCUT2D eigenvalue weighted by Gasteiger charge is 2.56. The number of furan rings is 1. The third kappa shape index (κ3) is 10.2. The molecule has 0 amide bonds. The third-order valence-electron chi connectivity index (χ3n) is 25.6. The van der Waals surface area contributed by atoms with Gasteiger partial charge in [0.2, 0.25) is 0 Å². The van der Waals surface area contributed by atoms with Gasteiger partial charge in [0.1, 0.15) is 11.2 Å². The lowest BCUT2D eigenvalue weighted by molar-refractivity contribution is 0.551. The van der Waals surface area contributed by atoms with Crippen LogP contribution in [0.1, 0.15) is 94.5 Å². The van der Waals surface area contributed by atoms with Gasteiger partial charge in [0.25, 0.3) is 0 Å². The lowest BCUT2D eigenvalue weighted by Gasteiger charge is -2.46. The topological polar surface area (TPSA) is 90.5 Å². The second-order valence-corrected chi connectivity index (χ2v) is 33.6. The number of thiophene rings is 1. The third-order valence-corrected chi connectivity index (χ3v) is 26.9. The predicted octanol–water partition coefficient (Wildman–Crippen LogP) is 27.4. The van der Waals surface area contributed by atoms with E-state index in [1.807, 2.05) is 72.0 Å². The van der Waals surface area contributed by atoms with Crippen LogP contribution in [0.2, 0.25) is 0 Å². The lowest BCUT2D eigenvalue weighted by atomic mass is 9.55. The van der Waals surface area contributed by atoms with Gasteiger partial charge in [-0.3, -0.25) is 0 Å². The molecule has 0 N–H and O–H groups in total.